The standard InChI is InChI=1S/C12H14N4O/c13-11(8-12(14)17)9-2-4-10(5-3-9)16-7-1-6-15-16/h1-7,11H,8,13H2,(H2,14,17). The van der Waals surface area contributed by atoms with Gasteiger partial charge in [0.05, 0.1) is 5.69 Å². The summed E-state index contributed by atoms with van der Waals surface area (Å²) in [5.41, 5.74) is 12.8. The fraction of sp³-hybridized carbons (Fsp3) is 0.167. The molecule has 0 aliphatic heterocycles. The number of aromatic nitrogens is 2. The van der Waals surface area contributed by atoms with Crippen molar-refractivity contribution >= 4 is 5.91 Å². The van der Waals surface area contributed by atoms with Crippen LogP contribution in [0.1, 0.15) is 18.0 Å². The van der Waals surface area contributed by atoms with Crippen molar-refractivity contribution in [2.75, 3.05) is 0 Å². The van der Waals surface area contributed by atoms with E-state index in [1.165, 1.54) is 0 Å². The number of carbonyl (C=O) groups excluding carboxylic acids is 1. The molecule has 0 bridgehead atoms. The van der Waals surface area contributed by atoms with Crippen molar-refractivity contribution in [3.63, 3.8) is 0 Å². The predicted molar refractivity (Wildman–Crippen MR) is 64.3 cm³/mol. The molecule has 0 radical (unpaired) electrons. The first-order valence-electron chi connectivity index (χ1n) is 5.30. The molecule has 1 atom stereocenters. The number of amides is 1. The summed E-state index contributed by atoms with van der Waals surface area (Å²) >= 11 is 0. The van der Waals surface area contributed by atoms with Gasteiger partial charge >= 0.3 is 0 Å². The summed E-state index contributed by atoms with van der Waals surface area (Å²) in [6.07, 6.45) is 3.73. The maximum Gasteiger partial charge on any atom is 0.219 e. The molecule has 1 unspecified atom stereocenters. The third kappa shape index (κ3) is 2.70. The van der Waals surface area contributed by atoms with Gasteiger partial charge in [-0.1, -0.05) is 12.1 Å². The van der Waals surface area contributed by atoms with E-state index in [2.05, 4.69) is 5.10 Å². The monoisotopic (exact) mass is 230 g/mol. The molecule has 2 rings (SSSR count). The van der Waals surface area contributed by atoms with Gasteiger partial charge in [0.15, 0.2) is 0 Å². The zero-order valence-electron chi connectivity index (χ0n) is 9.28. The molecule has 1 amide bonds. The first-order valence-corrected chi connectivity index (χ1v) is 5.30. The summed E-state index contributed by atoms with van der Waals surface area (Å²) in [7, 11) is 0. The van der Waals surface area contributed by atoms with Crippen molar-refractivity contribution in [1.29, 1.82) is 0 Å². The van der Waals surface area contributed by atoms with Crippen molar-refractivity contribution in [2.24, 2.45) is 11.5 Å². The molecule has 0 spiro atoms. The molecule has 1 heterocycles. The van der Waals surface area contributed by atoms with E-state index in [9.17, 15) is 4.79 Å². The zero-order valence-corrected chi connectivity index (χ0v) is 9.28. The summed E-state index contributed by atoms with van der Waals surface area (Å²) in [5, 5.41) is 4.12. The first-order chi connectivity index (χ1) is 8.16. The van der Waals surface area contributed by atoms with Gasteiger partial charge in [0, 0.05) is 24.9 Å². The third-order valence-corrected chi connectivity index (χ3v) is 2.51. The maximum atomic E-state index is 10.8. The summed E-state index contributed by atoms with van der Waals surface area (Å²) in [6, 6.07) is 9.08. The molecule has 88 valence electrons. The smallest absolute Gasteiger partial charge is 0.219 e. The minimum absolute atomic E-state index is 0.154. The fourth-order valence-corrected chi connectivity index (χ4v) is 1.63. The lowest BCUT2D eigenvalue weighted by atomic mass is 10.0. The largest absolute Gasteiger partial charge is 0.370 e. The number of hydrogen-bond acceptors (Lipinski definition) is 3. The first kappa shape index (κ1) is 11.3. The second-order valence-electron chi connectivity index (χ2n) is 3.82. The molecule has 0 aliphatic carbocycles. The second-order valence-corrected chi connectivity index (χ2v) is 3.82. The number of primary amides is 1. The van der Waals surface area contributed by atoms with Gasteiger partial charge < -0.3 is 11.5 Å². The molecular weight excluding hydrogens is 216 g/mol. The highest BCUT2D eigenvalue weighted by Crippen LogP contribution is 2.16. The Bertz CT molecular complexity index is 490. The topological polar surface area (TPSA) is 86.9 Å². The summed E-state index contributed by atoms with van der Waals surface area (Å²) in [6.45, 7) is 0. The lowest BCUT2D eigenvalue weighted by molar-refractivity contribution is -0.118. The van der Waals surface area contributed by atoms with Crippen molar-refractivity contribution in [2.45, 2.75) is 12.5 Å². The van der Waals surface area contributed by atoms with Crippen molar-refractivity contribution in [1.82, 2.24) is 9.78 Å². The van der Waals surface area contributed by atoms with Gasteiger partial charge in [-0.2, -0.15) is 5.10 Å². The Morgan fingerprint density at radius 1 is 1.35 bits per heavy atom. The van der Waals surface area contributed by atoms with Gasteiger partial charge in [0.25, 0.3) is 0 Å². The quantitative estimate of drug-likeness (QED) is 0.812. The molecule has 1 aromatic heterocycles. The Hall–Kier alpha value is -2.14. The van der Waals surface area contributed by atoms with Crippen LogP contribution in [0, 0.1) is 0 Å². The van der Waals surface area contributed by atoms with Gasteiger partial charge in [0.1, 0.15) is 0 Å². The second kappa shape index (κ2) is 4.80. The van der Waals surface area contributed by atoms with Gasteiger partial charge in [-0.05, 0) is 23.8 Å². The van der Waals surface area contributed by atoms with Crippen LogP contribution in [0.4, 0.5) is 0 Å². The maximum absolute atomic E-state index is 10.8. The van der Waals surface area contributed by atoms with E-state index in [4.69, 9.17) is 11.5 Å². The van der Waals surface area contributed by atoms with E-state index in [1.807, 2.05) is 36.5 Å². The van der Waals surface area contributed by atoms with Crippen molar-refractivity contribution in [3.8, 4) is 5.69 Å². The van der Waals surface area contributed by atoms with Crippen LogP contribution in [-0.4, -0.2) is 15.7 Å². The molecule has 0 aliphatic rings. The molecule has 17 heavy (non-hydrogen) atoms. The van der Waals surface area contributed by atoms with E-state index in [0.29, 0.717) is 0 Å². The Kier molecular flexibility index (Phi) is 3.20. The van der Waals surface area contributed by atoms with E-state index in [0.717, 1.165) is 11.3 Å². The van der Waals surface area contributed by atoms with Crippen LogP contribution in [-0.2, 0) is 4.79 Å². The number of benzene rings is 1. The van der Waals surface area contributed by atoms with Gasteiger partial charge in [0.2, 0.25) is 5.91 Å². The van der Waals surface area contributed by atoms with E-state index < -0.39 is 5.91 Å². The molecule has 2 aromatic rings. The molecule has 5 heteroatoms. The summed E-state index contributed by atoms with van der Waals surface area (Å²) in [5.74, 6) is -0.395. The fourth-order valence-electron chi connectivity index (χ4n) is 1.63. The highest BCUT2D eigenvalue weighted by Gasteiger charge is 2.09. The third-order valence-electron chi connectivity index (χ3n) is 2.51. The Morgan fingerprint density at radius 2 is 2.06 bits per heavy atom. The number of hydrogen-bond donors (Lipinski definition) is 2. The summed E-state index contributed by atoms with van der Waals surface area (Å²) in [4.78, 5) is 10.8. The number of carbonyl (C=O) groups is 1. The SMILES string of the molecule is NC(=O)CC(N)c1ccc(-n2cccn2)cc1. The van der Waals surface area contributed by atoms with Crippen LogP contribution in [0.5, 0.6) is 0 Å². The van der Waals surface area contributed by atoms with Crippen LogP contribution in [0.15, 0.2) is 42.7 Å². The predicted octanol–water partition coefficient (Wildman–Crippen LogP) is 0.747. The van der Waals surface area contributed by atoms with Gasteiger partial charge in [-0.3, -0.25) is 4.79 Å². The van der Waals surface area contributed by atoms with Crippen molar-refractivity contribution in [3.05, 3.63) is 48.3 Å². The van der Waals surface area contributed by atoms with Crippen LogP contribution < -0.4 is 11.5 Å². The Morgan fingerprint density at radius 3 is 2.59 bits per heavy atom. The Labute approximate surface area is 99.0 Å². The lowest BCUT2D eigenvalue weighted by Gasteiger charge is -2.10. The van der Waals surface area contributed by atoms with Crippen molar-refractivity contribution < 1.29 is 4.79 Å². The molecule has 0 saturated heterocycles. The van der Waals surface area contributed by atoms with E-state index in [-0.39, 0.29) is 12.5 Å². The molecule has 0 saturated carbocycles. The molecule has 4 N–H and O–H groups in total. The molecule has 1 aromatic carbocycles. The van der Waals surface area contributed by atoms with Crippen LogP contribution in [0.2, 0.25) is 0 Å². The average molecular weight is 230 g/mol. The minimum Gasteiger partial charge on any atom is -0.370 e. The van der Waals surface area contributed by atoms with Gasteiger partial charge in [-0.25, -0.2) is 4.68 Å². The van der Waals surface area contributed by atoms with Crippen LogP contribution in [0.25, 0.3) is 5.69 Å². The zero-order chi connectivity index (χ0) is 12.3. The van der Waals surface area contributed by atoms with Crippen LogP contribution >= 0.6 is 0 Å². The number of nitrogens with two attached hydrogens (primary N) is 2. The minimum atomic E-state index is -0.395. The van der Waals surface area contributed by atoms with E-state index >= 15 is 0 Å². The molecular formula is C12H14N4O. The highest BCUT2D eigenvalue weighted by atomic mass is 16.1. The van der Waals surface area contributed by atoms with Crippen LogP contribution in [0.3, 0.4) is 0 Å². The average Bonchev–Trinajstić information content (AvgIpc) is 2.82. The Balaban J connectivity index is 2.15. The lowest BCUT2D eigenvalue weighted by Crippen LogP contribution is -2.20. The van der Waals surface area contributed by atoms with E-state index in [1.54, 1.807) is 10.9 Å². The van der Waals surface area contributed by atoms with Gasteiger partial charge in [-0.15, -0.1) is 0 Å². The number of rotatable bonds is 4. The summed E-state index contributed by atoms with van der Waals surface area (Å²) < 4.78 is 1.75. The molecule has 0 fully saturated rings. The number of nitrogens with zero attached hydrogens (tertiary/aromatic N) is 2. The normalized spacial score (nSPS) is 12.3. The molecule has 5 nitrogen and oxygen atoms in total. The highest BCUT2D eigenvalue weighted by molar-refractivity contribution is 5.74.